The Kier molecular flexibility index (Phi) is 6.15. The lowest BCUT2D eigenvalue weighted by molar-refractivity contribution is -0.122. The van der Waals surface area contributed by atoms with Gasteiger partial charge in [-0.05, 0) is 50.1 Å². The van der Waals surface area contributed by atoms with Crippen LogP contribution in [0.2, 0.25) is 0 Å². The molecule has 0 spiro atoms. The van der Waals surface area contributed by atoms with Crippen molar-refractivity contribution < 1.29 is 14.0 Å². The predicted molar refractivity (Wildman–Crippen MR) is 129 cm³/mol. The van der Waals surface area contributed by atoms with E-state index in [9.17, 15) is 14.0 Å². The molecule has 2 aromatic heterocycles. The summed E-state index contributed by atoms with van der Waals surface area (Å²) in [5.41, 5.74) is 9.35. The molecule has 174 valence electrons. The minimum Gasteiger partial charge on any atom is -0.368 e. The molecule has 1 atom stereocenters. The van der Waals surface area contributed by atoms with Crippen molar-refractivity contribution in [2.45, 2.75) is 32.9 Å². The molecule has 0 bridgehead atoms. The fourth-order valence-corrected chi connectivity index (χ4v) is 4.13. The molecule has 2 N–H and O–H groups in total. The van der Waals surface area contributed by atoms with E-state index in [0.717, 1.165) is 11.1 Å². The van der Waals surface area contributed by atoms with Gasteiger partial charge < -0.3 is 10.6 Å². The molecule has 0 aliphatic heterocycles. The van der Waals surface area contributed by atoms with Crippen molar-refractivity contribution in [1.82, 2.24) is 19.7 Å². The molecule has 0 fully saturated rings. The summed E-state index contributed by atoms with van der Waals surface area (Å²) in [6, 6.07) is 13.9. The van der Waals surface area contributed by atoms with Gasteiger partial charge in [0.05, 0.1) is 22.8 Å². The van der Waals surface area contributed by atoms with E-state index in [-0.39, 0.29) is 6.04 Å². The number of benzene rings is 2. The highest BCUT2D eigenvalue weighted by molar-refractivity contribution is 6.07. The largest absolute Gasteiger partial charge is 0.368 e. The van der Waals surface area contributed by atoms with Gasteiger partial charge in [0.25, 0.3) is 5.91 Å². The average Bonchev–Trinajstić information content (AvgIpc) is 3.22. The molecule has 34 heavy (non-hydrogen) atoms. The Morgan fingerprint density at radius 2 is 1.82 bits per heavy atom. The zero-order valence-corrected chi connectivity index (χ0v) is 19.5. The van der Waals surface area contributed by atoms with Gasteiger partial charge in [-0.1, -0.05) is 36.4 Å². The summed E-state index contributed by atoms with van der Waals surface area (Å²) in [7, 11) is 1.48. The molecule has 2 amide bonds. The van der Waals surface area contributed by atoms with Crippen molar-refractivity contribution in [3.8, 4) is 11.3 Å². The zero-order valence-electron chi connectivity index (χ0n) is 19.5. The number of aromatic nitrogens is 3. The molecule has 4 aromatic rings. The maximum Gasteiger partial charge on any atom is 0.255 e. The van der Waals surface area contributed by atoms with Crippen molar-refractivity contribution in [2.24, 2.45) is 5.73 Å². The van der Waals surface area contributed by atoms with Crippen molar-refractivity contribution in [3.05, 3.63) is 83.3 Å². The number of primary amides is 1. The Bertz CT molecular complexity index is 1400. The highest BCUT2D eigenvalue weighted by Crippen LogP contribution is 2.30. The van der Waals surface area contributed by atoms with E-state index in [1.54, 1.807) is 23.0 Å². The van der Waals surface area contributed by atoms with Gasteiger partial charge in [-0.3, -0.25) is 9.59 Å². The van der Waals surface area contributed by atoms with Crippen molar-refractivity contribution in [1.29, 1.82) is 0 Å². The van der Waals surface area contributed by atoms with Crippen LogP contribution in [-0.2, 0) is 4.79 Å². The van der Waals surface area contributed by atoms with Gasteiger partial charge in [0.1, 0.15) is 11.9 Å². The van der Waals surface area contributed by atoms with Gasteiger partial charge in [0.2, 0.25) is 5.91 Å². The molecule has 0 aliphatic rings. The first-order valence-corrected chi connectivity index (χ1v) is 10.9. The van der Waals surface area contributed by atoms with E-state index in [2.05, 4.69) is 5.10 Å². The number of halogens is 1. The summed E-state index contributed by atoms with van der Waals surface area (Å²) in [6.07, 6.45) is 1.60. The molecule has 4 rings (SSSR count). The number of fused-ring (bicyclic) bond motifs is 1. The molecule has 0 aliphatic carbocycles. The molecule has 2 heterocycles. The number of pyridine rings is 1. The molecule has 0 saturated heterocycles. The standard InChI is InChI=1S/C26H26FN5O2/c1-15(2)32-25-21(14-29-32)20(13-22(30-25)19-11-6-5-8-16(19)3)26(34)31(4)23(24(28)33)17-9-7-10-18(27)12-17/h5-15,23H,1-4H3,(H2,28,33). The zero-order chi connectivity index (χ0) is 24.6. The summed E-state index contributed by atoms with van der Waals surface area (Å²) >= 11 is 0. The van der Waals surface area contributed by atoms with Crippen LogP contribution in [0.4, 0.5) is 4.39 Å². The second kappa shape index (κ2) is 9.05. The van der Waals surface area contributed by atoms with Gasteiger partial charge in [-0.25, -0.2) is 14.1 Å². The quantitative estimate of drug-likeness (QED) is 0.462. The predicted octanol–water partition coefficient (Wildman–Crippen LogP) is 4.43. The van der Waals surface area contributed by atoms with Crippen LogP contribution in [0.1, 0.15) is 47.4 Å². The number of hydrogen-bond acceptors (Lipinski definition) is 4. The smallest absolute Gasteiger partial charge is 0.255 e. The number of likely N-dealkylation sites (N-methyl/N-ethyl adjacent to an activating group) is 1. The Labute approximate surface area is 197 Å². The second-order valence-corrected chi connectivity index (χ2v) is 8.57. The van der Waals surface area contributed by atoms with Crippen LogP contribution in [0.3, 0.4) is 0 Å². The molecule has 0 saturated carbocycles. The SMILES string of the molecule is Cc1ccccc1-c1cc(C(=O)N(C)C(C(N)=O)c2cccc(F)c2)c2cnn(C(C)C)c2n1. The summed E-state index contributed by atoms with van der Waals surface area (Å²) in [6.45, 7) is 5.94. The van der Waals surface area contributed by atoms with Crippen LogP contribution in [0.5, 0.6) is 0 Å². The number of aryl methyl sites for hydroxylation is 1. The van der Waals surface area contributed by atoms with E-state index >= 15 is 0 Å². The summed E-state index contributed by atoms with van der Waals surface area (Å²) < 4.78 is 15.6. The summed E-state index contributed by atoms with van der Waals surface area (Å²) in [4.78, 5) is 32.2. The number of carbonyl (C=O) groups excluding carboxylic acids is 2. The summed E-state index contributed by atoms with van der Waals surface area (Å²) in [5, 5.41) is 5.01. The highest BCUT2D eigenvalue weighted by Gasteiger charge is 2.30. The first-order chi connectivity index (χ1) is 16.2. The molecule has 0 radical (unpaired) electrons. The van der Waals surface area contributed by atoms with E-state index in [0.29, 0.717) is 27.9 Å². The first-order valence-electron chi connectivity index (χ1n) is 10.9. The maximum atomic E-state index is 13.9. The Balaban J connectivity index is 1.89. The fraction of sp³-hybridized carbons (Fsp3) is 0.231. The minimum absolute atomic E-state index is 0.0171. The minimum atomic E-state index is -1.14. The lowest BCUT2D eigenvalue weighted by Gasteiger charge is -2.26. The third kappa shape index (κ3) is 4.14. The number of hydrogen-bond donors (Lipinski definition) is 1. The third-order valence-corrected chi connectivity index (χ3v) is 5.85. The second-order valence-electron chi connectivity index (χ2n) is 8.57. The van der Waals surface area contributed by atoms with Gasteiger partial charge in [-0.2, -0.15) is 5.10 Å². The van der Waals surface area contributed by atoms with Crippen molar-refractivity contribution >= 4 is 22.8 Å². The Morgan fingerprint density at radius 1 is 1.09 bits per heavy atom. The molecular weight excluding hydrogens is 433 g/mol. The normalized spacial score (nSPS) is 12.2. The lowest BCUT2D eigenvalue weighted by Crippen LogP contribution is -2.39. The Hall–Kier alpha value is -4.07. The van der Waals surface area contributed by atoms with Crippen LogP contribution >= 0.6 is 0 Å². The molecule has 2 aromatic carbocycles. The topological polar surface area (TPSA) is 94.1 Å². The van der Waals surface area contributed by atoms with Gasteiger partial charge >= 0.3 is 0 Å². The highest BCUT2D eigenvalue weighted by atomic mass is 19.1. The first kappa shape index (κ1) is 23.1. The van der Waals surface area contributed by atoms with Crippen LogP contribution in [-0.4, -0.2) is 38.5 Å². The van der Waals surface area contributed by atoms with E-state index in [1.807, 2.05) is 45.0 Å². The number of carbonyl (C=O) groups is 2. The molecule has 8 heteroatoms. The van der Waals surface area contributed by atoms with E-state index in [1.165, 1.54) is 30.1 Å². The van der Waals surface area contributed by atoms with Crippen LogP contribution in [0.15, 0.2) is 60.8 Å². The fourth-order valence-electron chi connectivity index (χ4n) is 4.13. The lowest BCUT2D eigenvalue weighted by atomic mass is 10.0. The molecular formula is C26H26FN5O2. The number of nitrogens with two attached hydrogens (primary N) is 1. The Morgan fingerprint density at radius 3 is 2.47 bits per heavy atom. The van der Waals surface area contributed by atoms with Crippen LogP contribution in [0.25, 0.3) is 22.3 Å². The monoisotopic (exact) mass is 459 g/mol. The maximum absolute atomic E-state index is 13.9. The molecule has 1 unspecified atom stereocenters. The average molecular weight is 460 g/mol. The molecule has 7 nitrogen and oxygen atoms in total. The van der Waals surface area contributed by atoms with Gasteiger partial charge in [0.15, 0.2) is 5.65 Å². The van der Waals surface area contributed by atoms with E-state index in [4.69, 9.17) is 10.7 Å². The van der Waals surface area contributed by atoms with E-state index < -0.39 is 23.7 Å². The number of rotatable bonds is 6. The third-order valence-electron chi connectivity index (χ3n) is 5.85. The van der Waals surface area contributed by atoms with Crippen molar-refractivity contribution in [3.63, 3.8) is 0 Å². The van der Waals surface area contributed by atoms with Crippen molar-refractivity contribution in [2.75, 3.05) is 7.05 Å². The number of nitrogens with zero attached hydrogens (tertiary/aromatic N) is 4. The van der Waals surface area contributed by atoms with Gasteiger partial charge in [0, 0.05) is 18.7 Å². The number of amides is 2. The van der Waals surface area contributed by atoms with Crippen LogP contribution in [0, 0.1) is 12.7 Å². The van der Waals surface area contributed by atoms with Crippen LogP contribution < -0.4 is 5.73 Å². The van der Waals surface area contributed by atoms with Gasteiger partial charge in [-0.15, -0.1) is 0 Å². The summed E-state index contributed by atoms with van der Waals surface area (Å²) in [5.74, 6) is -1.72.